The van der Waals surface area contributed by atoms with Crippen LogP contribution in [0.2, 0.25) is 0 Å². The Hall–Kier alpha value is -3.42. The van der Waals surface area contributed by atoms with Gasteiger partial charge in [-0.05, 0) is 49.6 Å². The van der Waals surface area contributed by atoms with Gasteiger partial charge in [0.25, 0.3) is 0 Å². The molecule has 0 saturated carbocycles. The molecule has 8 nitrogen and oxygen atoms in total. The van der Waals surface area contributed by atoms with Gasteiger partial charge in [0.2, 0.25) is 11.8 Å². The summed E-state index contributed by atoms with van der Waals surface area (Å²) in [5.41, 5.74) is 2.09. The Morgan fingerprint density at radius 3 is 2.72 bits per heavy atom. The maximum atomic E-state index is 12.7. The monoisotopic (exact) mass is 394 g/mol. The first-order chi connectivity index (χ1) is 14.0. The summed E-state index contributed by atoms with van der Waals surface area (Å²) in [5, 5.41) is 2.85. The Bertz CT molecular complexity index is 1110. The van der Waals surface area contributed by atoms with Crippen LogP contribution in [-0.2, 0) is 16.1 Å². The highest BCUT2D eigenvalue weighted by molar-refractivity contribution is 5.92. The molecule has 8 heteroatoms. The van der Waals surface area contributed by atoms with Crippen LogP contribution in [0.1, 0.15) is 18.4 Å². The lowest BCUT2D eigenvalue weighted by Crippen LogP contribution is -2.43. The molecule has 0 aliphatic carbocycles. The van der Waals surface area contributed by atoms with Gasteiger partial charge in [-0.25, -0.2) is 9.78 Å². The molecule has 1 aromatic carbocycles. The summed E-state index contributed by atoms with van der Waals surface area (Å²) in [4.78, 5) is 43.1. The number of amides is 2. The molecule has 1 aliphatic rings. The van der Waals surface area contributed by atoms with Crippen LogP contribution in [0.3, 0.4) is 0 Å². The van der Waals surface area contributed by atoms with Gasteiger partial charge in [0, 0.05) is 25.2 Å². The molecular weight excluding hydrogens is 372 g/mol. The molecule has 2 amide bonds. The lowest BCUT2D eigenvalue weighted by atomic mass is 9.96. The van der Waals surface area contributed by atoms with Crippen molar-refractivity contribution in [3.05, 3.63) is 58.7 Å². The van der Waals surface area contributed by atoms with E-state index < -0.39 is 5.76 Å². The minimum Gasteiger partial charge on any atom is -0.408 e. The number of oxazole rings is 1. The zero-order chi connectivity index (χ0) is 20.4. The number of nitrogens with zero attached hydrogens (tertiary/aromatic N) is 3. The highest BCUT2D eigenvalue weighted by Crippen LogP contribution is 2.20. The van der Waals surface area contributed by atoms with Crippen molar-refractivity contribution in [1.82, 2.24) is 14.5 Å². The van der Waals surface area contributed by atoms with Crippen LogP contribution < -0.4 is 11.1 Å². The summed E-state index contributed by atoms with van der Waals surface area (Å²) in [6.45, 7) is 2.82. The molecule has 150 valence electrons. The molecule has 0 bridgehead atoms. The standard InChI is InChI=1S/C21H22N4O4/c1-14-6-9-22-18(12-14)23-20(27)15-7-10-24(11-8-15)19(26)13-25-16-4-2-3-5-17(16)29-21(25)28/h2-6,9,12,15H,7-8,10-11,13H2,1H3,(H,22,23,27). The van der Waals surface area contributed by atoms with Gasteiger partial charge in [-0.2, -0.15) is 0 Å². The van der Waals surface area contributed by atoms with Crippen molar-refractivity contribution in [2.75, 3.05) is 18.4 Å². The van der Waals surface area contributed by atoms with E-state index in [0.29, 0.717) is 42.8 Å². The van der Waals surface area contributed by atoms with E-state index in [4.69, 9.17) is 4.42 Å². The van der Waals surface area contributed by atoms with E-state index in [1.807, 2.05) is 19.1 Å². The number of hydrogen-bond acceptors (Lipinski definition) is 5. The average molecular weight is 394 g/mol. The smallest absolute Gasteiger partial charge is 0.408 e. The molecule has 0 atom stereocenters. The number of fused-ring (bicyclic) bond motifs is 1. The number of carbonyl (C=O) groups excluding carboxylic acids is 2. The van der Waals surface area contributed by atoms with Gasteiger partial charge in [-0.1, -0.05) is 12.1 Å². The molecule has 0 spiro atoms. The number of carbonyl (C=O) groups is 2. The van der Waals surface area contributed by atoms with Crippen LogP contribution in [0.4, 0.5) is 5.82 Å². The summed E-state index contributed by atoms with van der Waals surface area (Å²) in [6, 6.07) is 10.7. The molecule has 0 unspecified atom stereocenters. The first kappa shape index (κ1) is 18.9. The van der Waals surface area contributed by atoms with E-state index in [0.717, 1.165) is 5.56 Å². The Morgan fingerprint density at radius 1 is 1.21 bits per heavy atom. The topological polar surface area (TPSA) is 97.4 Å². The van der Waals surface area contributed by atoms with E-state index in [9.17, 15) is 14.4 Å². The molecule has 1 N–H and O–H groups in total. The summed E-state index contributed by atoms with van der Waals surface area (Å²) < 4.78 is 6.53. The number of hydrogen-bond donors (Lipinski definition) is 1. The molecule has 2 aromatic heterocycles. The number of likely N-dealkylation sites (tertiary alicyclic amines) is 1. The number of para-hydroxylation sites is 2. The number of rotatable bonds is 4. The molecule has 4 rings (SSSR count). The fourth-order valence-corrected chi connectivity index (χ4v) is 3.62. The Morgan fingerprint density at radius 2 is 1.97 bits per heavy atom. The molecule has 29 heavy (non-hydrogen) atoms. The molecular formula is C21H22N4O4. The van der Waals surface area contributed by atoms with Gasteiger partial charge < -0.3 is 14.6 Å². The quantitative estimate of drug-likeness (QED) is 0.731. The maximum Gasteiger partial charge on any atom is 0.420 e. The predicted molar refractivity (Wildman–Crippen MR) is 107 cm³/mol. The first-order valence-corrected chi connectivity index (χ1v) is 9.61. The molecule has 3 aromatic rings. The lowest BCUT2D eigenvalue weighted by molar-refractivity contribution is -0.135. The number of anilines is 1. The van der Waals surface area contributed by atoms with Crippen LogP contribution >= 0.6 is 0 Å². The van der Waals surface area contributed by atoms with Crippen molar-refractivity contribution in [3.63, 3.8) is 0 Å². The Labute approximate surface area is 167 Å². The predicted octanol–water partition coefficient (Wildman–Crippen LogP) is 2.18. The third kappa shape index (κ3) is 4.06. The second-order valence-corrected chi connectivity index (χ2v) is 7.28. The summed E-state index contributed by atoms with van der Waals surface area (Å²) in [7, 11) is 0. The Balaban J connectivity index is 1.35. The van der Waals surface area contributed by atoms with Gasteiger partial charge in [0.1, 0.15) is 12.4 Å². The summed E-state index contributed by atoms with van der Waals surface area (Å²) >= 11 is 0. The zero-order valence-electron chi connectivity index (χ0n) is 16.1. The van der Waals surface area contributed by atoms with Crippen molar-refractivity contribution < 1.29 is 14.0 Å². The van der Waals surface area contributed by atoms with Gasteiger partial charge in [-0.15, -0.1) is 0 Å². The van der Waals surface area contributed by atoms with Gasteiger partial charge >= 0.3 is 5.76 Å². The lowest BCUT2D eigenvalue weighted by Gasteiger charge is -2.31. The number of aryl methyl sites for hydroxylation is 1. The molecule has 3 heterocycles. The van der Waals surface area contributed by atoms with E-state index >= 15 is 0 Å². The minimum atomic E-state index is -0.542. The number of aromatic nitrogens is 2. The fraction of sp³-hybridized carbons (Fsp3) is 0.333. The van der Waals surface area contributed by atoms with Crippen molar-refractivity contribution in [1.29, 1.82) is 0 Å². The second-order valence-electron chi connectivity index (χ2n) is 7.28. The minimum absolute atomic E-state index is 0.0695. The van der Waals surface area contributed by atoms with E-state index in [1.54, 1.807) is 35.4 Å². The largest absolute Gasteiger partial charge is 0.420 e. The van der Waals surface area contributed by atoms with Crippen molar-refractivity contribution >= 4 is 28.7 Å². The van der Waals surface area contributed by atoms with Crippen molar-refractivity contribution in [2.45, 2.75) is 26.3 Å². The SMILES string of the molecule is Cc1ccnc(NC(=O)C2CCN(C(=O)Cn3c(=O)oc4ccccc43)CC2)c1. The van der Waals surface area contributed by atoms with Crippen LogP contribution in [0, 0.1) is 12.8 Å². The second kappa shape index (κ2) is 7.90. The van der Waals surface area contributed by atoms with E-state index in [-0.39, 0.29) is 24.3 Å². The van der Waals surface area contributed by atoms with Gasteiger partial charge in [-0.3, -0.25) is 14.2 Å². The molecule has 1 aliphatic heterocycles. The van der Waals surface area contributed by atoms with Crippen molar-refractivity contribution in [2.24, 2.45) is 5.92 Å². The van der Waals surface area contributed by atoms with Gasteiger partial charge in [0.05, 0.1) is 5.52 Å². The van der Waals surface area contributed by atoms with Crippen LogP contribution in [0.25, 0.3) is 11.1 Å². The van der Waals surface area contributed by atoms with E-state index in [2.05, 4.69) is 10.3 Å². The maximum absolute atomic E-state index is 12.7. The molecule has 1 fully saturated rings. The number of benzene rings is 1. The molecule has 0 radical (unpaired) electrons. The summed E-state index contributed by atoms with van der Waals surface area (Å²) in [6.07, 6.45) is 2.81. The fourth-order valence-electron chi connectivity index (χ4n) is 3.62. The number of piperidine rings is 1. The van der Waals surface area contributed by atoms with Crippen LogP contribution in [0.5, 0.6) is 0 Å². The Kier molecular flexibility index (Phi) is 5.16. The van der Waals surface area contributed by atoms with Gasteiger partial charge in [0.15, 0.2) is 5.58 Å². The van der Waals surface area contributed by atoms with Crippen LogP contribution in [0.15, 0.2) is 51.8 Å². The third-order valence-electron chi connectivity index (χ3n) is 5.25. The normalized spacial score (nSPS) is 14.9. The molecule has 1 saturated heterocycles. The highest BCUT2D eigenvalue weighted by Gasteiger charge is 2.28. The third-order valence-corrected chi connectivity index (χ3v) is 5.25. The average Bonchev–Trinajstić information content (AvgIpc) is 3.03. The van der Waals surface area contributed by atoms with Crippen molar-refractivity contribution in [3.8, 4) is 0 Å². The first-order valence-electron chi connectivity index (χ1n) is 9.61. The van der Waals surface area contributed by atoms with E-state index in [1.165, 1.54) is 4.57 Å². The van der Waals surface area contributed by atoms with Crippen LogP contribution in [-0.4, -0.2) is 39.4 Å². The summed E-state index contributed by atoms with van der Waals surface area (Å²) in [5.74, 6) is -0.400. The number of pyridine rings is 1. The number of nitrogens with one attached hydrogen (secondary N) is 1. The highest BCUT2D eigenvalue weighted by atomic mass is 16.4. The zero-order valence-corrected chi connectivity index (χ0v) is 16.1.